The van der Waals surface area contributed by atoms with Crippen LogP contribution >= 0.6 is 0 Å². The quantitative estimate of drug-likeness (QED) is 0.925. The minimum absolute atomic E-state index is 0.0441. The minimum Gasteiger partial charge on any atom is -0.353 e. The molecule has 0 aromatic heterocycles. The smallest absolute Gasteiger partial charge is 0.253 e. The van der Waals surface area contributed by atoms with Gasteiger partial charge in [0.25, 0.3) is 5.91 Å². The summed E-state index contributed by atoms with van der Waals surface area (Å²) in [5.74, 6) is 0.120. The van der Waals surface area contributed by atoms with Crippen molar-refractivity contribution in [2.24, 2.45) is 5.92 Å². The van der Waals surface area contributed by atoms with E-state index in [-0.39, 0.29) is 17.7 Å². The van der Waals surface area contributed by atoms with E-state index in [1.54, 1.807) is 0 Å². The maximum atomic E-state index is 12.5. The van der Waals surface area contributed by atoms with Crippen LogP contribution in [0.2, 0.25) is 0 Å². The predicted molar refractivity (Wildman–Crippen MR) is 81.0 cm³/mol. The highest BCUT2D eigenvalue weighted by molar-refractivity contribution is 5.95. The van der Waals surface area contributed by atoms with Crippen molar-refractivity contribution in [2.75, 3.05) is 13.1 Å². The Kier molecular flexibility index (Phi) is 3.95. The van der Waals surface area contributed by atoms with Crippen molar-refractivity contribution in [1.29, 1.82) is 0 Å². The molecule has 1 heterocycles. The molecular weight excluding hydrogens is 264 g/mol. The Bertz CT molecular complexity index is 551. The lowest BCUT2D eigenvalue weighted by atomic mass is 9.96. The number of hydrogen-bond donors (Lipinski definition) is 1. The van der Waals surface area contributed by atoms with Gasteiger partial charge in [-0.25, -0.2) is 0 Å². The minimum atomic E-state index is -0.0480. The topological polar surface area (TPSA) is 49.4 Å². The number of piperidine rings is 1. The van der Waals surface area contributed by atoms with Crippen LogP contribution in [-0.2, 0) is 4.79 Å². The first-order valence-electron chi connectivity index (χ1n) is 7.80. The highest BCUT2D eigenvalue weighted by Gasteiger charge is 2.32. The van der Waals surface area contributed by atoms with Crippen molar-refractivity contribution in [3.63, 3.8) is 0 Å². The molecule has 1 aromatic carbocycles. The molecule has 1 saturated carbocycles. The fraction of sp³-hybridized carbons (Fsp3) is 0.529. The van der Waals surface area contributed by atoms with Crippen molar-refractivity contribution >= 4 is 11.8 Å². The van der Waals surface area contributed by atoms with Gasteiger partial charge in [-0.1, -0.05) is 17.7 Å². The first kappa shape index (κ1) is 14.1. The van der Waals surface area contributed by atoms with E-state index in [1.807, 2.05) is 36.1 Å². The van der Waals surface area contributed by atoms with Crippen LogP contribution in [0.25, 0.3) is 0 Å². The van der Waals surface area contributed by atoms with Crippen molar-refractivity contribution in [1.82, 2.24) is 10.2 Å². The molecule has 4 nitrogen and oxygen atoms in total. The third kappa shape index (κ3) is 3.43. The van der Waals surface area contributed by atoms with E-state index < -0.39 is 0 Å². The molecule has 0 radical (unpaired) electrons. The summed E-state index contributed by atoms with van der Waals surface area (Å²) in [5, 5.41) is 3.06. The van der Waals surface area contributed by atoms with Crippen molar-refractivity contribution in [3.05, 3.63) is 35.4 Å². The lowest BCUT2D eigenvalue weighted by Gasteiger charge is -2.32. The first-order chi connectivity index (χ1) is 10.1. The Morgan fingerprint density at radius 3 is 2.76 bits per heavy atom. The summed E-state index contributed by atoms with van der Waals surface area (Å²) in [7, 11) is 0. The van der Waals surface area contributed by atoms with Gasteiger partial charge in [-0.15, -0.1) is 0 Å². The first-order valence-corrected chi connectivity index (χ1v) is 7.80. The van der Waals surface area contributed by atoms with Crippen LogP contribution < -0.4 is 5.32 Å². The van der Waals surface area contributed by atoms with E-state index in [0.717, 1.165) is 43.4 Å². The van der Waals surface area contributed by atoms with Crippen LogP contribution in [0.3, 0.4) is 0 Å². The number of hydrogen-bond acceptors (Lipinski definition) is 2. The van der Waals surface area contributed by atoms with Gasteiger partial charge in [0.2, 0.25) is 5.91 Å². The van der Waals surface area contributed by atoms with Gasteiger partial charge >= 0.3 is 0 Å². The number of nitrogens with one attached hydrogen (secondary N) is 1. The van der Waals surface area contributed by atoms with Crippen LogP contribution in [0.1, 0.15) is 41.6 Å². The Hall–Kier alpha value is -1.84. The van der Waals surface area contributed by atoms with E-state index in [2.05, 4.69) is 5.32 Å². The molecule has 3 rings (SSSR count). The summed E-state index contributed by atoms with van der Waals surface area (Å²) in [6.45, 7) is 3.28. The largest absolute Gasteiger partial charge is 0.353 e. The van der Waals surface area contributed by atoms with Crippen LogP contribution in [0.5, 0.6) is 0 Å². The molecule has 1 aromatic rings. The third-order valence-electron chi connectivity index (χ3n) is 4.27. The van der Waals surface area contributed by atoms with Gasteiger partial charge in [0.15, 0.2) is 0 Å². The number of amides is 2. The zero-order chi connectivity index (χ0) is 14.8. The third-order valence-corrected chi connectivity index (χ3v) is 4.27. The van der Waals surface area contributed by atoms with Gasteiger partial charge in [0.05, 0.1) is 5.92 Å². The molecule has 1 aliphatic carbocycles. The van der Waals surface area contributed by atoms with Crippen LogP contribution in [0.15, 0.2) is 24.3 Å². The molecular formula is C17H22N2O2. The SMILES string of the molecule is Cc1cccc(C(=O)N2CCCC(C(=O)NC3CC3)C2)c1. The second kappa shape index (κ2) is 5.88. The maximum absolute atomic E-state index is 12.5. The van der Waals surface area contributed by atoms with Crippen molar-refractivity contribution in [3.8, 4) is 0 Å². The molecule has 1 N–H and O–H groups in total. The lowest BCUT2D eigenvalue weighted by Crippen LogP contribution is -2.45. The molecule has 1 atom stereocenters. The van der Waals surface area contributed by atoms with Gasteiger partial charge in [0.1, 0.15) is 0 Å². The normalized spacial score (nSPS) is 22.0. The zero-order valence-electron chi connectivity index (χ0n) is 12.5. The summed E-state index contributed by atoms with van der Waals surface area (Å²) in [6.07, 6.45) is 3.99. The fourth-order valence-corrected chi connectivity index (χ4v) is 2.88. The number of likely N-dealkylation sites (tertiary alicyclic amines) is 1. The van der Waals surface area contributed by atoms with E-state index >= 15 is 0 Å². The Balaban J connectivity index is 1.64. The number of benzene rings is 1. The Labute approximate surface area is 125 Å². The van der Waals surface area contributed by atoms with Crippen LogP contribution in [-0.4, -0.2) is 35.8 Å². The summed E-state index contributed by atoms with van der Waals surface area (Å²) >= 11 is 0. The van der Waals surface area contributed by atoms with Crippen LogP contribution in [0.4, 0.5) is 0 Å². The molecule has 2 fully saturated rings. The summed E-state index contributed by atoms with van der Waals surface area (Å²) in [6, 6.07) is 8.04. The van der Waals surface area contributed by atoms with Crippen molar-refractivity contribution in [2.45, 2.75) is 38.6 Å². The number of aryl methyl sites for hydroxylation is 1. The summed E-state index contributed by atoms with van der Waals surface area (Å²) < 4.78 is 0. The molecule has 1 unspecified atom stereocenters. The van der Waals surface area contributed by atoms with Crippen LogP contribution in [0, 0.1) is 12.8 Å². The predicted octanol–water partition coefficient (Wildman–Crippen LogP) is 2.13. The van der Waals surface area contributed by atoms with Gasteiger partial charge < -0.3 is 10.2 Å². The fourth-order valence-electron chi connectivity index (χ4n) is 2.88. The second-order valence-electron chi connectivity index (χ2n) is 6.24. The highest BCUT2D eigenvalue weighted by atomic mass is 16.2. The lowest BCUT2D eigenvalue weighted by molar-refractivity contribution is -0.126. The highest BCUT2D eigenvalue weighted by Crippen LogP contribution is 2.23. The number of rotatable bonds is 3. The average molecular weight is 286 g/mol. The van der Waals surface area contributed by atoms with E-state index in [1.165, 1.54) is 0 Å². The second-order valence-corrected chi connectivity index (χ2v) is 6.24. The molecule has 4 heteroatoms. The van der Waals surface area contributed by atoms with Gasteiger partial charge in [-0.05, 0) is 44.7 Å². The van der Waals surface area contributed by atoms with Gasteiger partial charge in [-0.2, -0.15) is 0 Å². The van der Waals surface area contributed by atoms with E-state index in [0.29, 0.717) is 12.6 Å². The molecule has 0 bridgehead atoms. The average Bonchev–Trinajstić information content (AvgIpc) is 3.30. The van der Waals surface area contributed by atoms with E-state index in [4.69, 9.17) is 0 Å². The zero-order valence-corrected chi connectivity index (χ0v) is 12.5. The Morgan fingerprint density at radius 1 is 1.24 bits per heavy atom. The molecule has 0 spiro atoms. The molecule has 1 aliphatic heterocycles. The molecule has 2 amide bonds. The van der Waals surface area contributed by atoms with Crippen molar-refractivity contribution < 1.29 is 9.59 Å². The number of nitrogens with zero attached hydrogens (tertiary/aromatic N) is 1. The number of carbonyl (C=O) groups excluding carboxylic acids is 2. The Morgan fingerprint density at radius 2 is 2.05 bits per heavy atom. The maximum Gasteiger partial charge on any atom is 0.253 e. The summed E-state index contributed by atoms with van der Waals surface area (Å²) in [5.41, 5.74) is 1.80. The number of carbonyl (C=O) groups is 2. The standard InChI is InChI=1S/C17H22N2O2/c1-12-4-2-5-13(10-12)17(21)19-9-3-6-14(11-19)16(20)18-15-7-8-15/h2,4-5,10,14-15H,3,6-9,11H2,1H3,(H,18,20). The van der Waals surface area contributed by atoms with Gasteiger partial charge in [-0.3, -0.25) is 9.59 Å². The molecule has 21 heavy (non-hydrogen) atoms. The van der Waals surface area contributed by atoms with Gasteiger partial charge in [0, 0.05) is 24.7 Å². The molecule has 2 aliphatic rings. The van der Waals surface area contributed by atoms with E-state index in [9.17, 15) is 9.59 Å². The monoisotopic (exact) mass is 286 g/mol. The molecule has 112 valence electrons. The molecule has 1 saturated heterocycles. The summed E-state index contributed by atoms with van der Waals surface area (Å²) in [4.78, 5) is 26.5.